The molecule has 0 radical (unpaired) electrons. The van der Waals surface area contributed by atoms with Gasteiger partial charge in [-0.1, -0.05) is 19.3 Å². The van der Waals surface area contributed by atoms with Crippen molar-refractivity contribution >= 4 is 23.2 Å². The first-order chi connectivity index (χ1) is 9.53. The number of aromatic nitrogens is 1. The molecule has 1 aromatic rings. The monoisotopic (exact) mass is 296 g/mol. The predicted molar refractivity (Wildman–Crippen MR) is 76.5 cm³/mol. The second-order valence-corrected chi connectivity index (χ2v) is 6.40. The van der Waals surface area contributed by atoms with Crippen LogP contribution in [-0.4, -0.2) is 22.0 Å². The maximum atomic E-state index is 12.0. The minimum absolute atomic E-state index is 0.0835. The lowest BCUT2D eigenvalue weighted by Gasteiger charge is -2.32. The number of amides is 1. The molecule has 1 aliphatic carbocycles. The maximum Gasteiger partial charge on any atom is 0.310 e. The first-order valence-corrected chi connectivity index (χ1v) is 7.80. The third-order valence-corrected chi connectivity index (χ3v) is 4.99. The van der Waals surface area contributed by atoms with E-state index < -0.39 is 11.4 Å². The lowest BCUT2D eigenvalue weighted by atomic mass is 9.71. The molecule has 6 heteroatoms. The molecular formula is C14H20N2O3S. The number of carboxylic acids is 1. The van der Waals surface area contributed by atoms with Crippen molar-refractivity contribution in [3.8, 4) is 0 Å². The molecule has 5 nitrogen and oxygen atoms in total. The number of carbonyl (C=O) groups excluding carboxylic acids is 1. The average Bonchev–Trinajstić information content (AvgIpc) is 2.83. The second kappa shape index (κ2) is 6.35. The Labute approximate surface area is 122 Å². The van der Waals surface area contributed by atoms with Gasteiger partial charge in [0.1, 0.15) is 0 Å². The van der Waals surface area contributed by atoms with Crippen molar-refractivity contribution in [2.24, 2.45) is 5.41 Å². The zero-order chi connectivity index (χ0) is 14.6. The molecule has 2 rings (SSSR count). The minimum Gasteiger partial charge on any atom is -0.481 e. The van der Waals surface area contributed by atoms with Gasteiger partial charge in [-0.25, -0.2) is 4.98 Å². The molecule has 0 aromatic carbocycles. The lowest BCUT2D eigenvalue weighted by molar-refractivity contribution is -0.154. The van der Waals surface area contributed by atoms with Gasteiger partial charge < -0.3 is 10.4 Å². The molecule has 1 fully saturated rings. The van der Waals surface area contributed by atoms with Gasteiger partial charge in [-0.15, -0.1) is 11.3 Å². The van der Waals surface area contributed by atoms with Crippen LogP contribution in [0.2, 0.25) is 0 Å². The third-order valence-electron chi connectivity index (χ3n) is 4.05. The van der Waals surface area contributed by atoms with Crippen LogP contribution >= 0.6 is 11.3 Å². The second-order valence-electron chi connectivity index (χ2n) is 5.46. The highest BCUT2D eigenvalue weighted by atomic mass is 32.1. The Bertz CT molecular complexity index is 492. The highest BCUT2D eigenvalue weighted by Gasteiger charge is 2.41. The van der Waals surface area contributed by atoms with E-state index >= 15 is 0 Å². The maximum absolute atomic E-state index is 12.0. The van der Waals surface area contributed by atoms with Gasteiger partial charge in [0.25, 0.3) is 0 Å². The smallest absolute Gasteiger partial charge is 0.310 e. The zero-order valence-electron chi connectivity index (χ0n) is 11.6. The third kappa shape index (κ3) is 3.36. The highest BCUT2D eigenvalue weighted by molar-refractivity contribution is 7.09. The number of hydrogen-bond acceptors (Lipinski definition) is 4. The predicted octanol–water partition coefficient (Wildman–Crippen LogP) is 2.49. The molecule has 1 heterocycles. The van der Waals surface area contributed by atoms with Crippen LogP contribution in [0, 0.1) is 12.3 Å². The van der Waals surface area contributed by atoms with Crippen molar-refractivity contribution in [1.29, 1.82) is 0 Å². The summed E-state index contributed by atoms with van der Waals surface area (Å²) in [5.74, 6) is -1.01. The molecule has 1 amide bonds. The highest BCUT2D eigenvalue weighted by Crippen LogP contribution is 2.39. The molecule has 0 saturated heterocycles. The van der Waals surface area contributed by atoms with Crippen molar-refractivity contribution < 1.29 is 14.7 Å². The van der Waals surface area contributed by atoms with E-state index in [1.54, 1.807) is 5.51 Å². The Morgan fingerprint density at radius 2 is 2.10 bits per heavy atom. The number of carboxylic acid groups (broad SMARTS) is 1. The number of nitrogens with one attached hydrogen (secondary N) is 1. The first kappa shape index (κ1) is 15.0. The van der Waals surface area contributed by atoms with E-state index in [2.05, 4.69) is 10.3 Å². The fraction of sp³-hybridized carbons (Fsp3) is 0.643. The number of aliphatic carboxylic acids is 1. The summed E-state index contributed by atoms with van der Waals surface area (Å²) in [6.07, 6.45) is 4.16. The van der Waals surface area contributed by atoms with Gasteiger partial charge in [0.05, 0.1) is 23.2 Å². The largest absolute Gasteiger partial charge is 0.481 e. The molecule has 20 heavy (non-hydrogen) atoms. The van der Waals surface area contributed by atoms with Crippen LogP contribution in [0.25, 0.3) is 0 Å². The summed E-state index contributed by atoms with van der Waals surface area (Å²) in [6.45, 7) is 2.34. The van der Waals surface area contributed by atoms with Crippen LogP contribution in [0.5, 0.6) is 0 Å². The van der Waals surface area contributed by atoms with Crippen molar-refractivity contribution in [2.45, 2.75) is 52.0 Å². The fourth-order valence-corrected chi connectivity index (χ4v) is 3.46. The first-order valence-electron chi connectivity index (χ1n) is 6.92. The Balaban J connectivity index is 1.92. The lowest BCUT2D eigenvalue weighted by Crippen LogP contribution is -2.39. The quantitative estimate of drug-likeness (QED) is 0.875. The normalized spacial score (nSPS) is 17.6. The van der Waals surface area contributed by atoms with Gasteiger partial charge in [0.15, 0.2) is 0 Å². The van der Waals surface area contributed by atoms with Crippen LogP contribution in [0.3, 0.4) is 0 Å². The summed E-state index contributed by atoms with van der Waals surface area (Å²) in [7, 11) is 0. The van der Waals surface area contributed by atoms with E-state index in [1.165, 1.54) is 11.3 Å². The van der Waals surface area contributed by atoms with E-state index in [1.807, 2.05) is 6.92 Å². The summed E-state index contributed by atoms with van der Waals surface area (Å²) in [5, 5.41) is 12.3. The summed E-state index contributed by atoms with van der Waals surface area (Å²) >= 11 is 1.50. The topological polar surface area (TPSA) is 79.3 Å². The van der Waals surface area contributed by atoms with Crippen LogP contribution in [-0.2, 0) is 16.1 Å². The molecule has 0 bridgehead atoms. The van der Waals surface area contributed by atoms with E-state index in [0.29, 0.717) is 19.4 Å². The molecule has 1 aromatic heterocycles. The molecule has 0 unspecified atom stereocenters. The minimum atomic E-state index is -0.856. The van der Waals surface area contributed by atoms with Gasteiger partial charge in [-0.2, -0.15) is 0 Å². The molecule has 1 aliphatic rings. The average molecular weight is 296 g/mol. The molecule has 0 atom stereocenters. The number of hydrogen-bond donors (Lipinski definition) is 2. The Hall–Kier alpha value is -1.43. The zero-order valence-corrected chi connectivity index (χ0v) is 12.5. The van der Waals surface area contributed by atoms with Crippen molar-refractivity contribution in [1.82, 2.24) is 10.3 Å². The Morgan fingerprint density at radius 1 is 1.40 bits per heavy atom. The molecule has 0 spiro atoms. The van der Waals surface area contributed by atoms with E-state index in [0.717, 1.165) is 29.8 Å². The molecule has 2 N–H and O–H groups in total. The molecular weight excluding hydrogens is 276 g/mol. The standard InChI is InChI=1S/C14H20N2O3S/c1-10-11(20-9-16-10)8-15-12(17)7-14(13(18)19)5-3-2-4-6-14/h9H,2-8H2,1H3,(H,15,17)(H,18,19). The molecule has 1 saturated carbocycles. The number of rotatable bonds is 5. The van der Waals surface area contributed by atoms with Crippen LogP contribution in [0.15, 0.2) is 5.51 Å². The van der Waals surface area contributed by atoms with Gasteiger partial charge in [0.2, 0.25) is 5.91 Å². The summed E-state index contributed by atoms with van der Waals surface area (Å²) < 4.78 is 0. The SMILES string of the molecule is Cc1ncsc1CNC(=O)CC1(C(=O)O)CCCCC1. The van der Waals surface area contributed by atoms with Crippen LogP contribution < -0.4 is 5.32 Å². The van der Waals surface area contributed by atoms with Gasteiger partial charge in [-0.05, 0) is 19.8 Å². The van der Waals surface area contributed by atoms with Gasteiger partial charge in [-0.3, -0.25) is 9.59 Å². The van der Waals surface area contributed by atoms with Crippen LogP contribution in [0.1, 0.15) is 49.1 Å². The number of carbonyl (C=O) groups is 2. The van der Waals surface area contributed by atoms with Gasteiger partial charge >= 0.3 is 5.97 Å². The fourth-order valence-electron chi connectivity index (χ4n) is 2.74. The van der Waals surface area contributed by atoms with Crippen molar-refractivity contribution in [3.63, 3.8) is 0 Å². The van der Waals surface area contributed by atoms with Crippen molar-refractivity contribution in [2.75, 3.05) is 0 Å². The van der Waals surface area contributed by atoms with E-state index in [-0.39, 0.29) is 12.3 Å². The summed E-state index contributed by atoms with van der Waals surface area (Å²) in [6, 6.07) is 0. The Morgan fingerprint density at radius 3 is 2.65 bits per heavy atom. The van der Waals surface area contributed by atoms with Crippen molar-refractivity contribution in [3.05, 3.63) is 16.1 Å². The molecule has 110 valence electrons. The van der Waals surface area contributed by atoms with Gasteiger partial charge in [0, 0.05) is 11.3 Å². The Kier molecular flexibility index (Phi) is 4.75. The molecule has 0 aliphatic heterocycles. The summed E-state index contributed by atoms with van der Waals surface area (Å²) in [5.41, 5.74) is 1.81. The summed E-state index contributed by atoms with van der Waals surface area (Å²) in [4.78, 5) is 28.7. The number of nitrogens with zero attached hydrogens (tertiary/aromatic N) is 1. The van der Waals surface area contributed by atoms with Crippen LogP contribution in [0.4, 0.5) is 0 Å². The number of thiazole rings is 1. The number of aryl methyl sites for hydroxylation is 1. The van der Waals surface area contributed by atoms with E-state index in [4.69, 9.17) is 0 Å². The van der Waals surface area contributed by atoms with E-state index in [9.17, 15) is 14.7 Å².